The van der Waals surface area contributed by atoms with Crippen LogP contribution in [-0.4, -0.2) is 35.6 Å². The van der Waals surface area contributed by atoms with E-state index in [2.05, 4.69) is 4.90 Å². The van der Waals surface area contributed by atoms with Gasteiger partial charge in [-0.2, -0.15) is 0 Å². The predicted octanol–water partition coefficient (Wildman–Crippen LogP) is 4.28. The van der Waals surface area contributed by atoms with Crippen molar-refractivity contribution >= 4 is 5.97 Å². The first kappa shape index (κ1) is 18.5. The Hall–Kier alpha value is -2.27. The van der Waals surface area contributed by atoms with Gasteiger partial charge in [0.15, 0.2) is 0 Å². The molecule has 0 aliphatic carbocycles. The summed E-state index contributed by atoms with van der Waals surface area (Å²) < 4.78 is 26.5. The summed E-state index contributed by atoms with van der Waals surface area (Å²) in [5, 5.41) is 9.10. The van der Waals surface area contributed by atoms with Gasteiger partial charge in [-0.25, -0.2) is 8.78 Å². The molecule has 1 saturated heterocycles. The molecule has 1 atom stereocenters. The molecule has 0 radical (unpaired) electrons. The topological polar surface area (TPSA) is 40.5 Å². The number of carboxylic acid groups (broad SMARTS) is 1. The lowest BCUT2D eigenvalue weighted by molar-refractivity contribution is -0.141. The minimum absolute atomic E-state index is 0.0640. The van der Waals surface area contributed by atoms with E-state index in [1.54, 1.807) is 24.3 Å². The Morgan fingerprint density at radius 3 is 2.04 bits per heavy atom. The van der Waals surface area contributed by atoms with Crippen LogP contribution in [0.3, 0.4) is 0 Å². The zero-order valence-corrected chi connectivity index (χ0v) is 14.6. The van der Waals surface area contributed by atoms with Crippen molar-refractivity contribution in [2.75, 3.05) is 19.6 Å². The van der Waals surface area contributed by atoms with Crippen molar-refractivity contribution in [3.05, 3.63) is 71.3 Å². The molecule has 1 heterocycles. The van der Waals surface area contributed by atoms with E-state index in [1.807, 2.05) is 0 Å². The number of hydrogen-bond acceptors (Lipinski definition) is 2. The SMILES string of the molecule is O=C(O)C1CCN(CCCC(c2ccc(F)cc2)c2ccc(F)cc2)C1. The van der Waals surface area contributed by atoms with Crippen molar-refractivity contribution in [1.82, 2.24) is 4.90 Å². The van der Waals surface area contributed by atoms with Crippen LogP contribution in [0, 0.1) is 17.6 Å². The number of rotatable bonds is 7. The second-order valence-electron chi connectivity index (χ2n) is 6.92. The monoisotopic (exact) mass is 359 g/mol. The lowest BCUT2D eigenvalue weighted by atomic mass is 9.87. The van der Waals surface area contributed by atoms with Gasteiger partial charge in [0.25, 0.3) is 0 Å². The van der Waals surface area contributed by atoms with E-state index in [9.17, 15) is 13.6 Å². The first-order valence-electron chi connectivity index (χ1n) is 8.99. The maximum Gasteiger partial charge on any atom is 0.307 e. The van der Waals surface area contributed by atoms with Gasteiger partial charge in [-0.1, -0.05) is 24.3 Å². The lowest BCUT2D eigenvalue weighted by Gasteiger charge is -2.21. The summed E-state index contributed by atoms with van der Waals surface area (Å²) in [6.45, 7) is 2.25. The van der Waals surface area contributed by atoms with Crippen LogP contribution in [0.5, 0.6) is 0 Å². The van der Waals surface area contributed by atoms with E-state index < -0.39 is 5.97 Å². The maximum absolute atomic E-state index is 13.3. The number of halogens is 2. The molecule has 138 valence electrons. The van der Waals surface area contributed by atoms with Gasteiger partial charge in [-0.05, 0) is 67.7 Å². The fourth-order valence-electron chi connectivity index (χ4n) is 3.67. The van der Waals surface area contributed by atoms with Crippen LogP contribution in [0.1, 0.15) is 36.3 Å². The Bertz CT molecular complexity index is 685. The third kappa shape index (κ3) is 4.67. The third-order valence-corrected chi connectivity index (χ3v) is 5.13. The van der Waals surface area contributed by atoms with Crippen LogP contribution in [0.2, 0.25) is 0 Å². The summed E-state index contributed by atoms with van der Waals surface area (Å²) in [6, 6.07) is 12.9. The second kappa shape index (κ2) is 8.41. The molecule has 1 aliphatic heterocycles. The highest BCUT2D eigenvalue weighted by molar-refractivity contribution is 5.70. The number of aliphatic carboxylic acids is 1. The maximum atomic E-state index is 13.3. The van der Waals surface area contributed by atoms with E-state index in [0.717, 1.165) is 37.1 Å². The van der Waals surface area contributed by atoms with Crippen LogP contribution in [0.15, 0.2) is 48.5 Å². The number of benzene rings is 2. The zero-order valence-electron chi connectivity index (χ0n) is 14.6. The van der Waals surface area contributed by atoms with Crippen molar-refractivity contribution in [2.24, 2.45) is 5.92 Å². The minimum Gasteiger partial charge on any atom is -0.481 e. The van der Waals surface area contributed by atoms with Crippen LogP contribution < -0.4 is 0 Å². The molecule has 26 heavy (non-hydrogen) atoms. The Labute approximate surface area is 152 Å². The summed E-state index contributed by atoms with van der Waals surface area (Å²) in [5.74, 6) is -1.47. The van der Waals surface area contributed by atoms with Crippen LogP contribution in [0.4, 0.5) is 8.78 Å². The normalized spacial score (nSPS) is 17.7. The van der Waals surface area contributed by atoms with Gasteiger partial charge in [-0.3, -0.25) is 4.79 Å². The quantitative estimate of drug-likeness (QED) is 0.802. The fourth-order valence-corrected chi connectivity index (χ4v) is 3.67. The summed E-state index contributed by atoms with van der Waals surface area (Å²) in [5.41, 5.74) is 2.01. The highest BCUT2D eigenvalue weighted by Crippen LogP contribution is 2.30. The number of carboxylic acids is 1. The van der Waals surface area contributed by atoms with Crippen molar-refractivity contribution < 1.29 is 18.7 Å². The minimum atomic E-state index is -0.719. The van der Waals surface area contributed by atoms with E-state index in [0.29, 0.717) is 13.0 Å². The Balaban J connectivity index is 1.65. The van der Waals surface area contributed by atoms with Crippen molar-refractivity contribution in [3.8, 4) is 0 Å². The van der Waals surface area contributed by atoms with Gasteiger partial charge in [0.2, 0.25) is 0 Å². The number of carbonyl (C=O) groups is 1. The van der Waals surface area contributed by atoms with Gasteiger partial charge in [-0.15, -0.1) is 0 Å². The molecule has 3 rings (SSSR count). The molecule has 1 fully saturated rings. The Morgan fingerprint density at radius 2 is 1.58 bits per heavy atom. The first-order chi connectivity index (χ1) is 12.5. The summed E-state index contributed by atoms with van der Waals surface area (Å²) >= 11 is 0. The van der Waals surface area contributed by atoms with Gasteiger partial charge < -0.3 is 10.0 Å². The second-order valence-corrected chi connectivity index (χ2v) is 6.92. The van der Waals surface area contributed by atoms with E-state index >= 15 is 0 Å². The van der Waals surface area contributed by atoms with Gasteiger partial charge in [0.1, 0.15) is 11.6 Å². The summed E-state index contributed by atoms with van der Waals surface area (Å²) in [7, 11) is 0. The molecular formula is C21H23F2NO2. The molecule has 3 nitrogen and oxygen atoms in total. The fraction of sp³-hybridized carbons (Fsp3) is 0.381. The first-order valence-corrected chi connectivity index (χ1v) is 8.99. The molecular weight excluding hydrogens is 336 g/mol. The molecule has 1 aliphatic rings. The average Bonchev–Trinajstić information content (AvgIpc) is 3.10. The number of nitrogens with zero attached hydrogens (tertiary/aromatic N) is 1. The predicted molar refractivity (Wildman–Crippen MR) is 96.1 cm³/mol. The molecule has 1 unspecified atom stereocenters. The summed E-state index contributed by atoms with van der Waals surface area (Å²) in [6.07, 6.45) is 2.44. The summed E-state index contributed by atoms with van der Waals surface area (Å²) in [4.78, 5) is 13.3. The van der Waals surface area contributed by atoms with Gasteiger partial charge >= 0.3 is 5.97 Å². The van der Waals surface area contributed by atoms with Crippen LogP contribution in [0.25, 0.3) is 0 Å². The van der Waals surface area contributed by atoms with Crippen molar-refractivity contribution in [1.29, 1.82) is 0 Å². The zero-order chi connectivity index (χ0) is 18.5. The van der Waals surface area contributed by atoms with E-state index in [4.69, 9.17) is 5.11 Å². The molecule has 0 amide bonds. The highest BCUT2D eigenvalue weighted by atomic mass is 19.1. The van der Waals surface area contributed by atoms with Crippen LogP contribution >= 0.6 is 0 Å². The van der Waals surface area contributed by atoms with Crippen molar-refractivity contribution in [2.45, 2.75) is 25.2 Å². The number of hydrogen-bond donors (Lipinski definition) is 1. The van der Waals surface area contributed by atoms with E-state index in [1.165, 1.54) is 24.3 Å². The van der Waals surface area contributed by atoms with Crippen LogP contribution in [-0.2, 0) is 4.79 Å². The molecule has 2 aromatic carbocycles. The largest absolute Gasteiger partial charge is 0.481 e. The third-order valence-electron chi connectivity index (χ3n) is 5.13. The smallest absolute Gasteiger partial charge is 0.307 e. The average molecular weight is 359 g/mol. The standard InChI is InChI=1S/C21H23F2NO2/c22-18-7-3-15(4-8-18)20(16-5-9-19(23)10-6-16)2-1-12-24-13-11-17(14-24)21(25)26/h3-10,17,20H,1-2,11-14H2,(H,25,26). The Kier molecular flexibility index (Phi) is 5.99. The highest BCUT2D eigenvalue weighted by Gasteiger charge is 2.27. The lowest BCUT2D eigenvalue weighted by Crippen LogP contribution is -2.24. The molecule has 5 heteroatoms. The molecule has 0 bridgehead atoms. The molecule has 2 aromatic rings. The van der Waals surface area contributed by atoms with E-state index in [-0.39, 0.29) is 23.5 Å². The molecule has 0 saturated carbocycles. The van der Waals surface area contributed by atoms with Gasteiger partial charge in [0, 0.05) is 12.5 Å². The molecule has 0 aromatic heterocycles. The van der Waals surface area contributed by atoms with Crippen molar-refractivity contribution in [3.63, 3.8) is 0 Å². The Morgan fingerprint density at radius 1 is 1.04 bits per heavy atom. The van der Waals surface area contributed by atoms with Gasteiger partial charge in [0.05, 0.1) is 5.92 Å². The molecule has 1 N–H and O–H groups in total. The number of likely N-dealkylation sites (tertiary alicyclic amines) is 1. The molecule has 0 spiro atoms.